The average molecular weight is 350 g/mol. The first kappa shape index (κ1) is 17.1. The standard InChI is InChI=1S/C19H18N4OS/c1-14(25-19-21-16-10-5-6-11-17(16)22-19)18(24)23(13-7-12-20)15-8-3-2-4-9-15/h2-6,8-11,14H,7,13H2,1H3,(H,21,22)/t14-/m0/s1. The van der Waals surface area contributed by atoms with E-state index in [1.807, 2.05) is 61.5 Å². The number of aromatic nitrogens is 2. The van der Waals surface area contributed by atoms with Crippen LogP contribution in [0, 0.1) is 11.3 Å². The Balaban J connectivity index is 1.77. The van der Waals surface area contributed by atoms with E-state index < -0.39 is 0 Å². The summed E-state index contributed by atoms with van der Waals surface area (Å²) in [5, 5.41) is 9.29. The van der Waals surface area contributed by atoms with E-state index in [4.69, 9.17) is 5.26 Å². The molecule has 0 aliphatic heterocycles. The monoisotopic (exact) mass is 350 g/mol. The molecule has 2 aromatic carbocycles. The average Bonchev–Trinajstić information content (AvgIpc) is 3.05. The zero-order valence-electron chi connectivity index (χ0n) is 13.8. The van der Waals surface area contributed by atoms with Crippen molar-refractivity contribution in [2.24, 2.45) is 0 Å². The number of carbonyl (C=O) groups excluding carboxylic acids is 1. The van der Waals surface area contributed by atoms with Gasteiger partial charge in [-0.15, -0.1) is 0 Å². The van der Waals surface area contributed by atoms with Crippen LogP contribution in [0.1, 0.15) is 13.3 Å². The van der Waals surface area contributed by atoms with Crippen LogP contribution < -0.4 is 4.90 Å². The minimum atomic E-state index is -0.320. The van der Waals surface area contributed by atoms with Crippen molar-refractivity contribution in [1.82, 2.24) is 9.97 Å². The van der Waals surface area contributed by atoms with E-state index in [9.17, 15) is 4.79 Å². The van der Waals surface area contributed by atoms with Crippen LogP contribution in [-0.2, 0) is 4.79 Å². The van der Waals surface area contributed by atoms with Gasteiger partial charge < -0.3 is 9.88 Å². The van der Waals surface area contributed by atoms with E-state index in [2.05, 4.69) is 16.0 Å². The molecule has 0 saturated carbocycles. The van der Waals surface area contributed by atoms with Crippen molar-refractivity contribution < 1.29 is 4.79 Å². The van der Waals surface area contributed by atoms with Crippen molar-refractivity contribution in [3.63, 3.8) is 0 Å². The summed E-state index contributed by atoms with van der Waals surface area (Å²) in [5.74, 6) is -0.0353. The summed E-state index contributed by atoms with van der Waals surface area (Å²) in [5.41, 5.74) is 2.64. The molecule has 0 unspecified atom stereocenters. The number of hydrogen-bond donors (Lipinski definition) is 1. The molecule has 0 fully saturated rings. The third-order valence-corrected chi connectivity index (χ3v) is 4.76. The summed E-state index contributed by atoms with van der Waals surface area (Å²) >= 11 is 1.39. The van der Waals surface area contributed by atoms with Crippen molar-refractivity contribution in [2.75, 3.05) is 11.4 Å². The molecule has 0 aliphatic carbocycles. The van der Waals surface area contributed by atoms with Gasteiger partial charge in [0.2, 0.25) is 5.91 Å². The third kappa shape index (κ3) is 4.01. The number of benzene rings is 2. The number of hydrogen-bond acceptors (Lipinski definition) is 4. The van der Waals surface area contributed by atoms with Gasteiger partial charge >= 0.3 is 0 Å². The van der Waals surface area contributed by atoms with Crippen molar-refractivity contribution >= 4 is 34.4 Å². The maximum absolute atomic E-state index is 12.9. The molecule has 1 atom stereocenters. The van der Waals surface area contributed by atoms with Crippen molar-refractivity contribution in [3.8, 4) is 6.07 Å². The van der Waals surface area contributed by atoms with E-state index in [-0.39, 0.29) is 11.2 Å². The Morgan fingerprint density at radius 3 is 2.68 bits per heavy atom. The van der Waals surface area contributed by atoms with Crippen LogP contribution >= 0.6 is 11.8 Å². The van der Waals surface area contributed by atoms with Gasteiger partial charge in [-0.1, -0.05) is 42.1 Å². The number of H-pyrrole nitrogens is 1. The van der Waals surface area contributed by atoms with Gasteiger partial charge in [-0.25, -0.2) is 4.98 Å². The van der Waals surface area contributed by atoms with Crippen LogP contribution in [0.5, 0.6) is 0 Å². The second kappa shape index (κ2) is 7.86. The normalized spacial score (nSPS) is 11.8. The van der Waals surface area contributed by atoms with Crippen molar-refractivity contribution in [3.05, 3.63) is 54.6 Å². The summed E-state index contributed by atoms with van der Waals surface area (Å²) in [4.78, 5) is 22.3. The Bertz CT molecular complexity index is 867. The van der Waals surface area contributed by atoms with E-state index in [0.717, 1.165) is 21.9 Å². The molecule has 25 heavy (non-hydrogen) atoms. The molecule has 0 radical (unpaired) electrons. The fourth-order valence-corrected chi connectivity index (χ4v) is 3.44. The third-order valence-electron chi connectivity index (χ3n) is 3.78. The molecule has 126 valence electrons. The molecular formula is C19H18N4OS. The molecule has 0 spiro atoms. The summed E-state index contributed by atoms with van der Waals surface area (Å²) in [6.07, 6.45) is 0.294. The first-order valence-corrected chi connectivity index (χ1v) is 8.92. The zero-order chi connectivity index (χ0) is 17.6. The number of thioether (sulfide) groups is 1. The number of fused-ring (bicyclic) bond motifs is 1. The first-order valence-electron chi connectivity index (χ1n) is 8.04. The van der Waals surface area contributed by atoms with Crippen LogP contribution in [-0.4, -0.2) is 27.7 Å². The highest BCUT2D eigenvalue weighted by Crippen LogP contribution is 2.26. The quantitative estimate of drug-likeness (QED) is 0.682. The lowest BCUT2D eigenvalue weighted by molar-refractivity contribution is -0.117. The number of carbonyl (C=O) groups is 1. The van der Waals surface area contributed by atoms with Crippen molar-refractivity contribution in [2.45, 2.75) is 23.8 Å². The molecule has 1 aromatic heterocycles. The Labute approximate surface area is 150 Å². The second-order valence-corrected chi connectivity index (χ2v) is 6.88. The Morgan fingerprint density at radius 1 is 1.24 bits per heavy atom. The van der Waals surface area contributed by atoms with E-state index >= 15 is 0 Å². The summed E-state index contributed by atoms with van der Waals surface area (Å²) in [6, 6.07) is 19.3. The molecular weight excluding hydrogens is 332 g/mol. The van der Waals surface area contributed by atoms with Gasteiger partial charge in [-0.05, 0) is 31.2 Å². The molecule has 3 aromatic rings. The predicted molar refractivity (Wildman–Crippen MR) is 100 cm³/mol. The number of aromatic amines is 1. The molecule has 1 amide bonds. The van der Waals surface area contributed by atoms with Gasteiger partial charge in [0.1, 0.15) is 0 Å². The molecule has 1 heterocycles. The number of nitrogens with zero attached hydrogens (tertiary/aromatic N) is 3. The minimum absolute atomic E-state index is 0.0353. The number of rotatable bonds is 6. The van der Waals surface area contributed by atoms with Gasteiger partial charge in [0.25, 0.3) is 0 Å². The topological polar surface area (TPSA) is 72.8 Å². The number of amides is 1. The van der Waals surface area contributed by atoms with Crippen LogP contribution in [0.15, 0.2) is 59.8 Å². The van der Waals surface area contributed by atoms with Crippen LogP contribution in [0.4, 0.5) is 5.69 Å². The lowest BCUT2D eigenvalue weighted by Crippen LogP contribution is -2.37. The molecule has 0 aliphatic rings. The molecule has 5 nitrogen and oxygen atoms in total. The van der Waals surface area contributed by atoms with Crippen molar-refractivity contribution in [1.29, 1.82) is 5.26 Å². The second-order valence-electron chi connectivity index (χ2n) is 5.55. The minimum Gasteiger partial charge on any atom is -0.333 e. The summed E-state index contributed by atoms with van der Waals surface area (Å²) in [7, 11) is 0. The van der Waals surface area contributed by atoms with Gasteiger partial charge in [-0.3, -0.25) is 4.79 Å². The fourth-order valence-electron chi connectivity index (χ4n) is 2.56. The highest BCUT2D eigenvalue weighted by Gasteiger charge is 2.23. The first-order chi connectivity index (χ1) is 12.2. The fraction of sp³-hybridized carbons (Fsp3) is 0.211. The number of para-hydroxylation sites is 3. The summed E-state index contributed by atoms with van der Waals surface area (Å²) < 4.78 is 0. The highest BCUT2D eigenvalue weighted by molar-refractivity contribution is 8.00. The maximum Gasteiger partial charge on any atom is 0.240 e. The van der Waals surface area contributed by atoms with Crippen LogP contribution in [0.3, 0.4) is 0 Å². The SMILES string of the molecule is C[C@H](Sc1nc2ccccc2[nH]1)C(=O)N(CCC#N)c1ccccc1. The Morgan fingerprint density at radius 2 is 1.96 bits per heavy atom. The van der Waals surface area contributed by atoms with Crippen LogP contribution in [0.2, 0.25) is 0 Å². The smallest absolute Gasteiger partial charge is 0.240 e. The predicted octanol–water partition coefficient (Wildman–Crippen LogP) is 3.99. The Kier molecular flexibility index (Phi) is 5.36. The highest BCUT2D eigenvalue weighted by atomic mass is 32.2. The van der Waals surface area contributed by atoms with Gasteiger partial charge in [0, 0.05) is 12.2 Å². The maximum atomic E-state index is 12.9. The van der Waals surface area contributed by atoms with E-state index in [0.29, 0.717) is 13.0 Å². The van der Waals surface area contributed by atoms with Gasteiger partial charge in [-0.2, -0.15) is 5.26 Å². The van der Waals surface area contributed by atoms with Gasteiger partial charge in [0.15, 0.2) is 5.16 Å². The lowest BCUT2D eigenvalue weighted by Gasteiger charge is -2.24. The Hall–Kier alpha value is -2.78. The molecule has 0 saturated heterocycles. The number of nitrogens with one attached hydrogen (secondary N) is 1. The molecule has 0 bridgehead atoms. The van der Waals surface area contributed by atoms with Crippen LogP contribution in [0.25, 0.3) is 11.0 Å². The summed E-state index contributed by atoms with van der Waals surface area (Å²) in [6.45, 7) is 2.24. The number of nitriles is 1. The molecule has 6 heteroatoms. The zero-order valence-corrected chi connectivity index (χ0v) is 14.7. The lowest BCUT2D eigenvalue weighted by atomic mass is 10.2. The van der Waals surface area contributed by atoms with E-state index in [1.165, 1.54) is 11.8 Å². The van der Waals surface area contributed by atoms with E-state index in [1.54, 1.807) is 4.90 Å². The molecule has 1 N–H and O–H groups in total. The largest absolute Gasteiger partial charge is 0.333 e. The number of imidazole rings is 1. The van der Waals surface area contributed by atoms with Gasteiger partial charge in [0.05, 0.1) is 28.8 Å². The number of anilines is 1. The molecule has 3 rings (SSSR count).